The number of hydrogen-bond donors (Lipinski definition) is 3. The van der Waals surface area contributed by atoms with Gasteiger partial charge in [-0.1, -0.05) is 6.92 Å². The summed E-state index contributed by atoms with van der Waals surface area (Å²) < 4.78 is 0. The average Bonchev–Trinajstić information content (AvgIpc) is 2.39. The van der Waals surface area contributed by atoms with E-state index in [-0.39, 0.29) is 11.8 Å². The van der Waals surface area contributed by atoms with Crippen molar-refractivity contribution in [3.8, 4) is 0 Å². The number of nitrogens with two attached hydrogens (primary N) is 1. The molecule has 19 heavy (non-hydrogen) atoms. The monoisotopic (exact) mass is 269 g/mol. The first-order chi connectivity index (χ1) is 9.11. The van der Waals surface area contributed by atoms with Gasteiger partial charge in [0.15, 0.2) is 0 Å². The quantitative estimate of drug-likeness (QED) is 0.643. The summed E-state index contributed by atoms with van der Waals surface area (Å²) in [6.07, 6.45) is 6.01. The van der Waals surface area contributed by atoms with Crippen molar-refractivity contribution >= 4 is 11.8 Å². The van der Waals surface area contributed by atoms with E-state index in [1.807, 2.05) is 6.92 Å². The number of carbonyl (C=O) groups is 2. The SMILES string of the molecule is CCCNC(=O)CCNC(=O)CC1CCC(N)CC1. The van der Waals surface area contributed by atoms with E-state index in [2.05, 4.69) is 10.6 Å². The molecule has 5 nitrogen and oxygen atoms in total. The molecule has 0 unspecified atom stereocenters. The van der Waals surface area contributed by atoms with Crippen LogP contribution in [0.2, 0.25) is 0 Å². The highest BCUT2D eigenvalue weighted by Gasteiger charge is 2.20. The maximum atomic E-state index is 11.7. The fourth-order valence-electron chi connectivity index (χ4n) is 2.39. The number of amides is 2. The van der Waals surface area contributed by atoms with E-state index < -0.39 is 0 Å². The van der Waals surface area contributed by atoms with Crippen molar-refractivity contribution in [3.63, 3.8) is 0 Å². The van der Waals surface area contributed by atoms with Crippen molar-refractivity contribution in [2.45, 2.75) is 57.9 Å². The number of hydrogen-bond acceptors (Lipinski definition) is 3. The Kier molecular flexibility index (Phi) is 7.48. The van der Waals surface area contributed by atoms with Gasteiger partial charge in [-0.25, -0.2) is 0 Å². The summed E-state index contributed by atoms with van der Waals surface area (Å²) in [7, 11) is 0. The first kappa shape index (κ1) is 16.0. The molecule has 0 saturated heterocycles. The third-order valence-corrected chi connectivity index (χ3v) is 3.61. The van der Waals surface area contributed by atoms with E-state index in [0.717, 1.165) is 32.1 Å². The van der Waals surface area contributed by atoms with Crippen molar-refractivity contribution in [1.82, 2.24) is 10.6 Å². The molecular formula is C14H27N3O2. The predicted octanol–water partition coefficient (Wildman–Crippen LogP) is 0.927. The normalized spacial score (nSPS) is 22.8. The zero-order chi connectivity index (χ0) is 14.1. The zero-order valence-corrected chi connectivity index (χ0v) is 11.9. The number of rotatable bonds is 7. The van der Waals surface area contributed by atoms with Crippen LogP contribution in [0.1, 0.15) is 51.9 Å². The van der Waals surface area contributed by atoms with Crippen LogP contribution in [0, 0.1) is 5.92 Å². The second kappa shape index (κ2) is 8.91. The standard InChI is InChI=1S/C14H27N3O2/c1-2-8-16-13(18)7-9-17-14(19)10-11-3-5-12(15)6-4-11/h11-12H,2-10,15H2,1H3,(H,16,18)(H,17,19). The molecule has 0 aromatic rings. The molecule has 1 rings (SSSR count). The Hall–Kier alpha value is -1.10. The largest absolute Gasteiger partial charge is 0.356 e. The fourth-order valence-corrected chi connectivity index (χ4v) is 2.39. The first-order valence-corrected chi connectivity index (χ1v) is 7.40. The van der Waals surface area contributed by atoms with Crippen LogP contribution in [0.25, 0.3) is 0 Å². The van der Waals surface area contributed by atoms with Gasteiger partial charge in [-0.05, 0) is 38.0 Å². The molecule has 110 valence electrons. The second-order valence-corrected chi connectivity index (χ2v) is 5.43. The molecule has 0 spiro atoms. The van der Waals surface area contributed by atoms with Gasteiger partial charge in [0.25, 0.3) is 0 Å². The lowest BCUT2D eigenvalue weighted by Gasteiger charge is -2.25. The summed E-state index contributed by atoms with van der Waals surface area (Å²) in [6.45, 7) is 3.15. The summed E-state index contributed by atoms with van der Waals surface area (Å²) in [5, 5.41) is 5.61. The minimum atomic E-state index is 0.00536. The Bertz CT molecular complexity index is 286. The molecule has 0 aromatic carbocycles. The van der Waals surface area contributed by atoms with Crippen LogP contribution >= 0.6 is 0 Å². The lowest BCUT2D eigenvalue weighted by atomic mass is 9.84. The smallest absolute Gasteiger partial charge is 0.221 e. The maximum Gasteiger partial charge on any atom is 0.221 e. The van der Waals surface area contributed by atoms with E-state index in [4.69, 9.17) is 5.73 Å². The second-order valence-electron chi connectivity index (χ2n) is 5.43. The topological polar surface area (TPSA) is 84.2 Å². The van der Waals surface area contributed by atoms with Crippen LogP contribution in [0.5, 0.6) is 0 Å². The molecule has 0 atom stereocenters. The van der Waals surface area contributed by atoms with E-state index >= 15 is 0 Å². The highest BCUT2D eigenvalue weighted by atomic mass is 16.2. The molecule has 5 heteroatoms. The summed E-state index contributed by atoms with van der Waals surface area (Å²) in [4.78, 5) is 23.0. The number of carbonyl (C=O) groups excluding carboxylic acids is 2. The highest BCUT2D eigenvalue weighted by Crippen LogP contribution is 2.25. The van der Waals surface area contributed by atoms with Gasteiger partial charge in [0, 0.05) is 32.0 Å². The zero-order valence-electron chi connectivity index (χ0n) is 11.9. The summed E-state index contributed by atoms with van der Waals surface area (Å²) in [5.74, 6) is 0.531. The van der Waals surface area contributed by atoms with Crippen LogP contribution in [0.4, 0.5) is 0 Å². The van der Waals surface area contributed by atoms with Crippen LogP contribution in [0.3, 0.4) is 0 Å². The molecular weight excluding hydrogens is 242 g/mol. The van der Waals surface area contributed by atoms with Crippen LogP contribution in [-0.4, -0.2) is 30.9 Å². The van der Waals surface area contributed by atoms with Crippen LogP contribution < -0.4 is 16.4 Å². The Balaban J connectivity index is 2.06. The van der Waals surface area contributed by atoms with E-state index in [1.165, 1.54) is 0 Å². The van der Waals surface area contributed by atoms with E-state index in [0.29, 0.717) is 37.9 Å². The molecule has 0 aromatic heterocycles. The lowest BCUT2D eigenvalue weighted by Crippen LogP contribution is -2.33. The summed E-state index contributed by atoms with van der Waals surface area (Å²) in [5.41, 5.74) is 5.84. The van der Waals surface area contributed by atoms with Crippen LogP contribution in [0.15, 0.2) is 0 Å². The van der Waals surface area contributed by atoms with Gasteiger partial charge in [0.1, 0.15) is 0 Å². The molecule has 4 N–H and O–H groups in total. The van der Waals surface area contributed by atoms with Gasteiger partial charge >= 0.3 is 0 Å². The Morgan fingerprint density at radius 3 is 2.32 bits per heavy atom. The molecule has 0 radical (unpaired) electrons. The predicted molar refractivity (Wildman–Crippen MR) is 75.5 cm³/mol. The van der Waals surface area contributed by atoms with Crippen molar-refractivity contribution < 1.29 is 9.59 Å². The van der Waals surface area contributed by atoms with Gasteiger partial charge in [-0.15, -0.1) is 0 Å². The van der Waals surface area contributed by atoms with Gasteiger partial charge in [-0.3, -0.25) is 9.59 Å². The van der Waals surface area contributed by atoms with Gasteiger partial charge in [0.05, 0.1) is 0 Å². The molecule has 0 heterocycles. The highest BCUT2D eigenvalue weighted by molar-refractivity contribution is 5.79. The lowest BCUT2D eigenvalue weighted by molar-refractivity contribution is -0.123. The van der Waals surface area contributed by atoms with Crippen molar-refractivity contribution in [2.24, 2.45) is 11.7 Å². The summed E-state index contributed by atoms with van der Waals surface area (Å²) >= 11 is 0. The third-order valence-electron chi connectivity index (χ3n) is 3.61. The molecule has 1 aliphatic rings. The van der Waals surface area contributed by atoms with Gasteiger partial charge in [-0.2, -0.15) is 0 Å². The molecule has 2 amide bonds. The molecule has 1 fully saturated rings. The van der Waals surface area contributed by atoms with Crippen LogP contribution in [-0.2, 0) is 9.59 Å². The molecule has 1 aliphatic carbocycles. The molecule has 1 saturated carbocycles. The Morgan fingerprint density at radius 1 is 1.05 bits per heavy atom. The van der Waals surface area contributed by atoms with Gasteiger partial charge in [0.2, 0.25) is 11.8 Å². The summed E-state index contributed by atoms with van der Waals surface area (Å²) in [6, 6.07) is 0.321. The molecule has 0 aliphatic heterocycles. The Morgan fingerprint density at radius 2 is 1.68 bits per heavy atom. The fraction of sp³-hybridized carbons (Fsp3) is 0.857. The van der Waals surface area contributed by atoms with Crippen molar-refractivity contribution in [2.75, 3.05) is 13.1 Å². The third kappa shape index (κ3) is 7.15. The van der Waals surface area contributed by atoms with E-state index in [9.17, 15) is 9.59 Å². The Labute approximate surface area is 115 Å². The maximum absolute atomic E-state index is 11.7. The molecule has 0 bridgehead atoms. The minimum absolute atomic E-state index is 0.00536. The minimum Gasteiger partial charge on any atom is -0.356 e. The van der Waals surface area contributed by atoms with Gasteiger partial charge < -0.3 is 16.4 Å². The first-order valence-electron chi connectivity index (χ1n) is 7.40. The van der Waals surface area contributed by atoms with E-state index in [1.54, 1.807) is 0 Å². The average molecular weight is 269 g/mol. The van der Waals surface area contributed by atoms with Crippen molar-refractivity contribution in [1.29, 1.82) is 0 Å². The number of nitrogens with one attached hydrogen (secondary N) is 2. The van der Waals surface area contributed by atoms with Crippen molar-refractivity contribution in [3.05, 3.63) is 0 Å².